The van der Waals surface area contributed by atoms with Gasteiger partial charge in [0, 0.05) is 5.69 Å². The molecule has 0 amide bonds. The monoisotopic (exact) mass is 194 g/mol. The smallest absolute Gasteiger partial charge is 0.0802 e. The second kappa shape index (κ2) is 4.98. The van der Waals surface area contributed by atoms with Crippen LogP contribution < -0.4 is 11.1 Å². The number of nitrogens with two attached hydrogens (primary N) is 1. The summed E-state index contributed by atoms with van der Waals surface area (Å²) in [7, 11) is 1.87. The second-order valence-corrected chi connectivity index (χ2v) is 3.52. The third kappa shape index (κ3) is 2.72. The number of benzene rings is 1. The van der Waals surface area contributed by atoms with Gasteiger partial charge in [-0.1, -0.05) is 12.1 Å². The third-order valence-corrected chi connectivity index (χ3v) is 2.36. The number of nitrogens with one attached hydrogen (secondary N) is 1. The van der Waals surface area contributed by atoms with E-state index in [2.05, 4.69) is 5.32 Å². The maximum absolute atomic E-state index is 9.77. The Labute approximate surface area is 84.9 Å². The summed E-state index contributed by atoms with van der Waals surface area (Å²) in [6.45, 7) is 2.76. The highest BCUT2D eigenvalue weighted by molar-refractivity contribution is 5.48. The average molecular weight is 194 g/mol. The van der Waals surface area contributed by atoms with E-state index >= 15 is 0 Å². The molecule has 0 saturated carbocycles. The summed E-state index contributed by atoms with van der Waals surface area (Å²) in [5.74, 6) is 0. The zero-order chi connectivity index (χ0) is 10.6. The number of hydrogen-bond acceptors (Lipinski definition) is 3. The van der Waals surface area contributed by atoms with Crippen molar-refractivity contribution in [1.29, 1.82) is 0 Å². The number of aliphatic hydroxyl groups is 1. The maximum Gasteiger partial charge on any atom is 0.0802 e. The van der Waals surface area contributed by atoms with Crippen molar-refractivity contribution in [3.05, 3.63) is 29.3 Å². The summed E-state index contributed by atoms with van der Waals surface area (Å²) >= 11 is 0. The number of nitrogen functional groups attached to an aromatic ring is 1. The Hall–Kier alpha value is -1.06. The highest BCUT2D eigenvalue weighted by atomic mass is 16.3. The molecule has 4 N–H and O–H groups in total. The predicted molar refractivity (Wildman–Crippen MR) is 59.1 cm³/mol. The van der Waals surface area contributed by atoms with E-state index in [4.69, 9.17) is 5.73 Å². The first-order chi connectivity index (χ1) is 6.65. The molecule has 14 heavy (non-hydrogen) atoms. The lowest BCUT2D eigenvalue weighted by molar-refractivity contribution is 0.168. The van der Waals surface area contributed by atoms with Crippen molar-refractivity contribution in [3.8, 4) is 0 Å². The number of hydrogen-bond donors (Lipinski definition) is 3. The molecule has 0 radical (unpaired) electrons. The van der Waals surface area contributed by atoms with Gasteiger partial charge in [0.1, 0.15) is 0 Å². The number of aryl methyl sites for hydroxylation is 1. The summed E-state index contributed by atoms with van der Waals surface area (Å²) < 4.78 is 0. The van der Waals surface area contributed by atoms with Crippen LogP contribution in [0, 0.1) is 6.92 Å². The Balaban J connectivity index is 2.70. The molecule has 0 aliphatic heterocycles. The summed E-state index contributed by atoms with van der Waals surface area (Å²) in [5, 5.41) is 12.8. The van der Waals surface area contributed by atoms with Gasteiger partial charge in [-0.15, -0.1) is 0 Å². The average Bonchev–Trinajstić information content (AvgIpc) is 2.18. The van der Waals surface area contributed by atoms with E-state index in [1.54, 1.807) is 0 Å². The molecule has 0 bridgehead atoms. The SMILES string of the molecule is CNCCC(O)c1ccc(C)c(N)c1. The zero-order valence-electron chi connectivity index (χ0n) is 8.75. The molecule has 1 aromatic carbocycles. The van der Waals surface area contributed by atoms with Gasteiger partial charge in [0.2, 0.25) is 0 Å². The summed E-state index contributed by atoms with van der Waals surface area (Å²) in [4.78, 5) is 0. The molecule has 1 rings (SSSR count). The van der Waals surface area contributed by atoms with Crippen molar-refractivity contribution < 1.29 is 5.11 Å². The number of rotatable bonds is 4. The summed E-state index contributed by atoms with van der Waals surface area (Å²) in [5.41, 5.74) is 8.44. The van der Waals surface area contributed by atoms with Gasteiger partial charge in [-0.05, 0) is 44.1 Å². The first kappa shape index (κ1) is 11.0. The van der Waals surface area contributed by atoms with Crippen LogP contribution in [0.5, 0.6) is 0 Å². The Bertz CT molecular complexity index is 299. The van der Waals surface area contributed by atoms with E-state index in [0.29, 0.717) is 6.42 Å². The van der Waals surface area contributed by atoms with E-state index in [-0.39, 0.29) is 0 Å². The Morgan fingerprint density at radius 3 is 2.79 bits per heavy atom. The van der Waals surface area contributed by atoms with Crippen molar-refractivity contribution >= 4 is 5.69 Å². The minimum Gasteiger partial charge on any atom is -0.399 e. The lowest BCUT2D eigenvalue weighted by Crippen LogP contribution is -2.12. The topological polar surface area (TPSA) is 58.3 Å². The molecule has 1 atom stereocenters. The lowest BCUT2D eigenvalue weighted by Gasteiger charge is -2.12. The number of aliphatic hydroxyl groups excluding tert-OH is 1. The molecule has 0 aliphatic rings. The Kier molecular flexibility index (Phi) is 3.92. The van der Waals surface area contributed by atoms with Gasteiger partial charge < -0.3 is 16.2 Å². The fourth-order valence-electron chi connectivity index (χ4n) is 1.31. The van der Waals surface area contributed by atoms with Crippen LogP contribution in [0.15, 0.2) is 18.2 Å². The van der Waals surface area contributed by atoms with Crippen LogP contribution in [0.4, 0.5) is 5.69 Å². The first-order valence-corrected chi connectivity index (χ1v) is 4.84. The molecule has 0 heterocycles. The molecular weight excluding hydrogens is 176 g/mol. The van der Waals surface area contributed by atoms with Gasteiger partial charge in [-0.25, -0.2) is 0 Å². The molecular formula is C11H18N2O. The van der Waals surface area contributed by atoms with Gasteiger partial charge in [0.15, 0.2) is 0 Å². The van der Waals surface area contributed by atoms with Crippen LogP contribution in [0.2, 0.25) is 0 Å². The first-order valence-electron chi connectivity index (χ1n) is 4.84. The Morgan fingerprint density at radius 2 is 2.21 bits per heavy atom. The van der Waals surface area contributed by atoms with Crippen molar-refractivity contribution in [2.24, 2.45) is 0 Å². The minimum absolute atomic E-state index is 0.426. The molecule has 1 unspecified atom stereocenters. The highest BCUT2D eigenvalue weighted by Crippen LogP contribution is 2.20. The van der Waals surface area contributed by atoms with Crippen molar-refractivity contribution in [3.63, 3.8) is 0 Å². The molecule has 0 aliphatic carbocycles. The summed E-state index contributed by atoms with van der Waals surface area (Å²) in [6, 6.07) is 5.70. The van der Waals surface area contributed by atoms with Crippen molar-refractivity contribution in [1.82, 2.24) is 5.32 Å². The zero-order valence-corrected chi connectivity index (χ0v) is 8.75. The quantitative estimate of drug-likeness (QED) is 0.632. The molecule has 3 nitrogen and oxygen atoms in total. The predicted octanol–water partition coefficient (Wildman–Crippen LogP) is 1.22. The van der Waals surface area contributed by atoms with Gasteiger partial charge >= 0.3 is 0 Å². The van der Waals surface area contributed by atoms with Crippen LogP contribution in [0.25, 0.3) is 0 Å². The van der Waals surface area contributed by atoms with Crippen molar-refractivity contribution in [2.45, 2.75) is 19.4 Å². The van der Waals surface area contributed by atoms with E-state index in [0.717, 1.165) is 23.4 Å². The maximum atomic E-state index is 9.77. The molecule has 0 aromatic heterocycles. The molecule has 3 heteroatoms. The lowest BCUT2D eigenvalue weighted by atomic mass is 10.0. The summed E-state index contributed by atoms with van der Waals surface area (Å²) in [6.07, 6.45) is 0.282. The largest absolute Gasteiger partial charge is 0.399 e. The molecule has 0 spiro atoms. The highest BCUT2D eigenvalue weighted by Gasteiger charge is 2.07. The van der Waals surface area contributed by atoms with Crippen molar-refractivity contribution in [2.75, 3.05) is 19.3 Å². The molecule has 0 fully saturated rings. The fraction of sp³-hybridized carbons (Fsp3) is 0.455. The molecule has 0 saturated heterocycles. The molecule has 78 valence electrons. The van der Waals surface area contributed by atoms with Gasteiger partial charge in [-0.2, -0.15) is 0 Å². The second-order valence-electron chi connectivity index (χ2n) is 3.52. The van der Waals surface area contributed by atoms with E-state index in [1.165, 1.54) is 0 Å². The van der Waals surface area contributed by atoms with Crippen LogP contribution in [0.3, 0.4) is 0 Å². The number of anilines is 1. The third-order valence-electron chi connectivity index (χ3n) is 2.36. The Morgan fingerprint density at radius 1 is 1.50 bits per heavy atom. The van der Waals surface area contributed by atoms with E-state index in [9.17, 15) is 5.11 Å². The van der Waals surface area contributed by atoms with Crippen LogP contribution in [0.1, 0.15) is 23.7 Å². The van der Waals surface area contributed by atoms with Gasteiger partial charge in [-0.3, -0.25) is 0 Å². The van der Waals surface area contributed by atoms with E-state index in [1.807, 2.05) is 32.2 Å². The van der Waals surface area contributed by atoms with Crippen LogP contribution in [-0.4, -0.2) is 18.7 Å². The van der Waals surface area contributed by atoms with Gasteiger partial charge in [0.25, 0.3) is 0 Å². The van der Waals surface area contributed by atoms with Crippen LogP contribution in [-0.2, 0) is 0 Å². The fourth-order valence-corrected chi connectivity index (χ4v) is 1.31. The molecule has 1 aromatic rings. The minimum atomic E-state index is -0.426. The van der Waals surface area contributed by atoms with Crippen LogP contribution >= 0.6 is 0 Å². The van der Waals surface area contributed by atoms with Gasteiger partial charge in [0.05, 0.1) is 6.10 Å². The standard InChI is InChI=1S/C11H18N2O/c1-8-3-4-9(7-10(8)12)11(14)5-6-13-2/h3-4,7,11,13-14H,5-6,12H2,1-2H3. The van der Waals surface area contributed by atoms with E-state index < -0.39 is 6.10 Å². The normalized spacial score (nSPS) is 12.8.